The van der Waals surface area contributed by atoms with Gasteiger partial charge in [0.2, 0.25) is 0 Å². The van der Waals surface area contributed by atoms with Crippen LogP contribution in [0, 0.1) is 11.3 Å². The molecular formula is C20H16N4OS. The van der Waals surface area contributed by atoms with Crippen molar-refractivity contribution >= 4 is 23.4 Å². The lowest BCUT2D eigenvalue weighted by molar-refractivity contribution is 0.102. The monoisotopic (exact) mass is 360 g/mol. The fourth-order valence-corrected chi connectivity index (χ4v) is 2.91. The normalized spacial score (nSPS) is 10.2. The Bertz CT molecular complexity index is 947. The Labute approximate surface area is 156 Å². The summed E-state index contributed by atoms with van der Waals surface area (Å²) in [6.07, 6.45) is 0. The van der Waals surface area contributed by atoms with Crippen LogP contribution in [0.15, 0.2) is 65.7 Å². The van der Waals surface area contributed by atoms with E-state index in [0.717, 1.165) is 22.0 Å². The summed E-state index contributed by atoms with van der Waals surface area (Å²) in [5, 5.41) is 21.0. The quantitative estimate of drug-likeness (QED) is 0.683. The van der Waals surface area contributed by atoms with Gasteiger partial charge in [0.25, 0.3) is 5.91 Å². The smallest absolute Gasteiger partial charge is 0.255 e. The van der Waals surface area contributed by atoms with Crippen molar-refractivity contribution in [1.29, 1.82) is 5.26 Å². The summed E-state index contributed by atoms with van der Waals surface area (Å²) in [7, 11) is 0. The molecule has 1 N–H and O–H groups in total. The largest absolute Gasteiger partial charge is 0.322 e. The molecule has 26 heavy (non-hydrogen) atoms. The molecule has 0 aliphatic rings. The van der Waals surface area contributed by atoms with Crippen LogP contribution in [0.25, 0.3) is 11.3 Å². The van der Waals surface area contributed by atoms with Crippen LogP contribution < -0.4 is 5.32 Å². The zero-order chi connectivity index (χ0) is 18.4. The lowest BCUT2D eigenvalue weighted by Gasteiger charge is -2.07. The van der Waals surface area contributed by atoms with Crippen molar-refractivity contribution in [2.45, 2.75) is 11.9 Å². The van der Waals surface area contributed by atoms with E-state index < -0.39 is 0 Å². The maximum atomic E-state index is 12.4. The average Bonchev–Trinajstić information content (AvgIpc) is 2.69. The van der Waals surface area contributed by atoms with Gasteiger partial charge in [0.05, 0.1) is 17.3 Å². The number of nitriles is 1. The SMILES string of the molecule is CCSc1ccc(-c2cccc(NC(=O)c3ccc(C#N)cc3)c2)nn1. The van der Waals surface area contributed by atoms with Gasteiger partial charge in [-0.25, -0.2) is 0 Å². The Morgan fingerprint density at radius 1 is 1.12 bits per heavy atom. The number of hydrogen-bond acceptors (Lipinski definition) is 5. The van der Waals surface area contributed by atoms with E-state index in [-0.39, 0.29) is 5.91 Å². The number of carbonyl (C=O) groups is 1. The van der Waals surface area contributed by atoms with Crippen LogP contribution >= 0.6 is 11.8 Å². The minimum atomic E-state index is -0.229. The number of amides is 1. The Hall–Kier alpha value is -3.17. The molecule has 0 saturated heterocycles. The number of nitrogens with zero attached hydrogens (tertiary/aromatic N) is 3. The Morgan fingerprint density at radius 3 is 2.58 bits per heavy atom. The predicted octanol–water partition coefficient (Wildman–Crippen LogP) is 4.38. The molecule has 0 aliphatic carbocycles. The number of aromatic nitrogens is 2. The first-order valence-electron chi connectivity index (χ1n) is 8.08. The molecule has 3 aromatic rings. The third-order valence-corrected chi connectivity index (χ3v) is 4.43. The van der Waals surface area contributed by atoms with Crippen molar-refractivity contribution < 1.29 is 4.79 Å². The summed E-state index contributed by atoms with van der Waals surface area (Å²) in [6.45, 7) is 2.07. The molecule has 6 heteroatoms. The molecule has 0 spiro atoms. The van der Waals surface area contributed by atoms with Gasteiger partial charge in [0, 0.05) is 16.8 Å². The number of carbonyl (C=O) groups excluding carboxylic acids is 1. The van der Waals surface area contributed by atoms with Gasteiger partial charge in [0.1, 0.15) is 5.03 Å². The third kappa shape index (κ3) is 4.26. The maximum Gasteiger partial charge on any atom is 0.255 e. The van der Waals surface area contributed by atoms with E-state index >= 15 is 0 Å². The highest BCUT2D eigenvalue weighted by Gasteiger charge is 2.08. The molecular weight excluding hydrogens is 344 g/mol. The summed E-state index contributed by atoms with van der Waals surface area (Å²) < 4.78 is 0. The second-order valence-electron chi connectivity index (χ2n) is 5.41. The fraction of sp³-hybridized carbons (Fsp3) is 0.100. The van der Waals surface area contributed by atoms with Crippen LogP contribution in [0.5, 0.6) is 0 Å². The van der Waals surface area contributed by atoms with Gasteiger partial charge in [-0.3, -0.25) is 4.79 Å². The zero-order valence-corrected chi connectivity index (χ0v) is 15.0. The predicted molar refractivity (Wildman–Crippen MR) is 103 cm³/mol. The summed E-state index contributed by atoms with van der Waals surface area (Å²) in [5.74, 6) is 0.720. The van der Waals surface area contributed by atoms with Crippen LogP contribution in [0.3, 0.4) is 0 Å². The Balaban J connectivity index is 1.76. The molecule has 2 aromatic carbocycles. The summed E-state index contributed by atoms with van der Waals surface area (Å²) in [6, 6.07) is 19.9. The van der Waals surface area contributed by atoms with E-state index in [4.69, 9.17) is 5.26 Å². The Kier molecular flexibility index (Phi) is 5.62. The topological polar surface area (TPSA) is 78.7 Å². The van der Waals surface area contributed by atoms with E-state index in [1.54, 1.807) is 36.0 Å². The number of nitrogens with one attached hydrogen (secondary N) is 1. The number of hydrogen-bond donors (Lipinski definition) is 1. The molecule has 1 aromatic heterocycles. The third-order valence-electron chi connectivity index (χ3n) is 3.62. The van der Waals surface area contributed by atoms with Crippen molar-refractivity contribution in [2.24, 2.45) is 0 Å². The molecule has 0 bridgehead atoms. The summed E-state index contributed by atoms with van der Waals surface area (Å²) in [4.78, 5) is 12.4. The van der Waals surface area contributed by atoms with Gasteiger partial charge < -0.3 is 5.32 Å². The van der Waals surface area contributed by atoms with Crippen LogP contribution in [-0.2, 0) is 0 Å². The van der Waals surface area contributed by atoms with E-state index in [0.29, 0.717) is 16.8 Å². The van der Waals surface area contributed by atoms with Crippen LogP contribution in [0.1, 0.15) is 22.8 Å². The molecule has 3 rings (SSSR count). The number of benzene rings is 2. The van der Waals surface area contributed by atoms with Crippen LogP contribution in [0.4, 0.5) is 5.69 Å². The first-order valence-corrected chi connectivity index (χ1v) is 9.06. The number of thioether (sulfide) groups is 1. The lowest BCUT2D eigenvalue weighted by Crippen LogP contribution is -2.11. The highest BCUT2D eigenvalue weighted by atomic mass is 32.2. The highest BCUT2D eigenvalue weighted by molar-refractivity contribution is 7.99. The standard InChI is InChI=1S/C20H16N4OS/c1-2-26-19-11-10-18(23-24-19)16-4-3-5-17(12-16)22-20(25)15-8-6-14(13-21)7-9-15/h3-12H,2H2,1H3,(H,22,25). The van der Waals surface area contributed by atoms with Crippen LogP contribution in [0.2, 0.25) is 0 Å². The van der Waals surface area contributed by atoms with Crippen molar-refractivity contribution in [2.75, 3.05) is 11.1 Å². The molecule has 0 saturated carbocycles. The van der Waals surface area contributed by atoms with Gasteiger partial charge in [-0.2, -0.15) is 5.26 Å². The molecule has 1 amide bonds. The molecule has 128 valence electrons. The Morgan fingerprint density at radius 2 is 1.92 bits per heavy atom. The molecule has 1 heterocycles. The summed E-state index contributed by atoms with van der Waals surface area (Å²) in [5.41, 5.74) is 3.32. The first-order chi connectivity index (χ1) is 12.7. The van der Waals surface area contributed by atoms with Gasteiger partial charge in [-0.05, 0) is 54.3 Å². The van der Waals surface area contributed by atoms with E-state index in [2.05, 4.69) is 22.4 Å². The highest BCUT2D eigenvalue weighted by Crippen LogP contribution is 2.22. The van der Waals surface area contributed by atoms with Gasteiger partial charge >= 0.3 is 0 Å². The molecule has 0 radical (unpaired) electrons. The zero-order valence-electron chi connectivity index (χ0n) is 14.1. The van der Waals surface area contributed by atoms with Gasteiger partial charge in [-0.15, -0.1) is 22.0 Å². The summed E-state index contributed by atoms with van der Waals surface area (Å²) >= 11 is 1.64. The number of anilines is 1. The van der Waals surface area contributed by atoms with E-state index in [1.165, 1.54) is 0 Å². The minimum Gasteiger partial charge on any atom is -0.322 e. The van der Waals surface area contributed by atoms with Gasteiger partial charge in [0.15, 0.2) is 0 Å². The minimum absolute atomic E-state index is 0.229. The van der Waals surface area contributed by atoms with E-state index in [9.17, 15) is 4.79 Å². The van der Waals surface area contributed by atoms with Gasteiger partial charge in [-0.1, -0.05) is 19.1 Å². The van der Waals surface area contributed by atoms with Crippen molar-refractivity contribution in [3.63, 3.8) is 0 Å². The average molecular weight is 360 g/mol. The molecule has 0 fully saturated rings. The van der Waals surface area contributed by atoms with Crippen molar-refractivity contribution in [1.82, 2.24) is 10.2 Å². The molecule has 5 nitrogen and oxygen atoms in total. The number of rotatable bonds is 5. The molecule has 0 atom stereocenters. The van der Waals surface area contributed by atoms with E-state index in [1.807, 2.05) is 42.5 Å². The van der Waals surface area contributed by atoms with Crippen molar-refractivity contribution in [3.05, 3.63) is 71.8 Å². The fourth-order valence-electron chi connectivity index (χ4n) is 2.35. The molecule has 0 aliphatic heterocycles. The first kappa shape index (κ1) is 17.6. The lowest BCUT2D eigenvalue weighted by atomic mass is 10.1. The van der Waals surface area contributed by atoms with Crippen molar-refractivity contribution in [3.8, 4) is 17.3 Å². The maximum absolute atomic E-state index is 12.4. The second-order valence-corrected chi connectivity index (χ2v) is 6.70. The van der Waals surface area contributed by atoms with Crippen LogP contribution in [-0.4, -0.2) is 21.9 Å². The molecule has 0 unspecified atom stereocenters. The second kappa shape index (κ2) is 8.28.